The number of hydrogen-bond donors (Lipinski definition) is 1. The largest absolute Gasteiger partial charge is 0.349 e. The second-order valence-corrected chi connectivity index (χ2v) is 11.0. The fourth-order valence-electron chi connectivity index (χ4n) is 4.33. The molecule has 0 radical (unpaired) electrons. The Morgan fingerprint density at radius 2 is 1.00 bits per heavy atom. The quantitative estimate of drug-likeness (QED) is 0.341. The Hall–Kier alpha value is -2.82. The number of anilines is 1. The van der Waals surface area contributed by atoms with Crippen LogP contribution in [-0.4, -0.2) is 49.9 Å². The summed E-state index contributed by atoms with van der Waals surface area (Å²) in [5.74, 6) is 2.89. The Labute approximate surface area is 214 Å². The highest BCUT2D eigenvalue weighted by molar-refractivity contribution is 6.04. The number of nitrogens with one attached hydrogen (secondary N) is 1. The van der Waals surface area contributed by atoms with Crippen molar-refractivity contribution in [1.29, 1.82) is 0 Å². The van der Waals surface area contributed by atoms with Crippen LogP contribution in [0.3, 0.4) is 0 Å². The Kier molecular flexibility index (Phi) is 9.93. The number of hydrogen-bond acceptors (Lipinski definition) is 1. The van der Waals surface area contributed by atoms with Crippen molar-refractivity contribution >= 4 is 23.3 Å². The molecule has 1 N–H and O–H groups in total. The Morgan fingerprint density at radius 1 is 0.629 bits per heavy atom. The van der Waals surface area contributed by atoms with Crippen LogP contribution in [-0.2, 0) is 0 Å². The summed E-state index contributed by atoms with van der Waals surface area (Å²) in [4.78, 5) is 14.4. The first-order valence-electron chi connectivity index (χ1n) is 12.9. The third kappa shape index (κ3) is 7.09. The van der Waals surface area contributed by atoms with Gasteiger partial charge in [-0.15, -0.1) is 0 Å². The summed E-state index contributed by atoms with van der Waals surface area (Å²) < 4.78 is 0. The molecule has 192 valence electrons. The summed E-state index contributed by atoms with van der Waals surface area (Å²) >= 11 is 0. The molecule has 0 aliphatic heterocycles. The van der Waals surface area contributed by atoms with Crippen LogP contribution in [0, 0.1) is 0 Å². The Balaban J connectivity index is 2.88. The summed E-state index contributed by atoms with van der Waals surface area (Å²) in [5, 5.41) is 3.71. The fraction of sp³-hybridized carbons (Fsp3) is 0.533. The SMILES string of the molecule is CC(C)c1cccc(C(C)C)c1/N=C(\N=C(N(C)C)N(C)C)Nc1c(C(C)C)cccc1C(C)C. The van der Waals surface area contributed by atoms with Gasteiger partial charge in [-0.25, -0.2) is 4.99 Å². The zero-order valence-electron chi connectivity index (χ0n) is 24.1. The lowest BCUT2D eigenvalue weighted by Crippen LogP contribution is -2.36. The molecule has 5 heteroatoms. The van der Waals surface area contributed by atoms with E-state index in [1.807, 2.05) is 38.0 Å². The number of nitrogens with zero attached hydrogens (tertiary/aromatic N) is 4. The molecule has 0 unspecified atom stereocenters. The molecule has 0 spiro atoms. The van der Waals surface area contributed by atoms with Crippen molar-refractivity contribution in [2.45, 2.75) is 79.1 Å². The second-order valence-electron chi connectivity index (χ2n) is 11.0. The molecule has 2 rings (SSSR count). The molecule has 0 heterocycles. The van der Waals surface area contributed by atoms with Crippen molar-refractivity contribution in [2.24, 2.45) is 9.98 Å². The van der Waals surface area contributed by atoms with Gasteiger partial charge in [-0.2, -0.15) is 4.99 Å². The van der Waals surface area contributed by atoms with E-state index in [1.54, 1.807) is 0 Å². The number of guanidine groups is 2. The predicted octanol–water partition coefficient (Wildman–Crippen LogP) is 7.76. The molecule has 0 fully saturated rings. The van der Waals surface area contributed by atoms with E-state index in [2.05, 4.69) is 97.1 Å². The summed E-state index contributed by atoms with van der Waals surface area (Å²) in [5.41, 5.74) is 7.17. The maximum absolute atomic E-state index is 5.27. The van der Waals surface area contributed by atoms with E-state index in [4.69, 9.17) is 9.98 Å². The highest BCUT2D eigenvalue weighted by Crippen LogP contribution is 2.36. The smallest absolute Gasteiger partial charge is 0.231 e. The average Bonchev–Trinajstić information content (AvgIpc) is 2.76. The van der Waals surface area contributed by atoms with Crippen LogP contribution in [0.1, 0.15) is 101 Å². The monoisotopic (exact) mass is 477 g/mol. The first kappa shape index (κ1) is 28.4. The standard InChI is InChI=1S/C30H47N5/c1-19(2)23-15-13-16-24(20(3)4)27(23)31-29(33-30(34(9)10)35(11)12)32-28-25(21(5)6)17-14-18-26(28)22(7)8/h13-22H,1-12H3,(H,31,32). The summed E-state index contributed by atoms with van der Waals surface area (Å²) in [6, 6.07) is 13.1. The lowest BCUT2D eigenvalue weighted by atomic mass is 9.92. The van der Waals surface area contributed by atoms with Crippen molar-refractivity contribution < 1.29 is 0 Å². The third-order valence-corrected chi connectivity index (χ3v) is 6.18. The van der Waals surface area contributed by atoms with Crippen LogP contribution < -0.4 is 5.32 Å². The Morgan fingerprint density at radius 3 is 1.34 bits per heavy atom. The van der Waals surface area contributed by atoms with Crippen LogP contribution in [0.25, 0.3) is 0 Å². The summed E-state index contributed by atoms with van der Waals surface area (Å²) in [6.07, 6.45) is 0. The minimum Gasteiger partial charge on any atom is -0.349 e. The number of para-hydroxylation sites is 2. The molecule has 0 aromatic heterocycles. The first-order chi connectivity index (χ1) is 16.3. The average molecular weight is 478 g/mol. The lowest BCUT2D eigenvalue weighted by molar-refractivity contribution is 0.485. The fourth-order valence-corrected chi connectivity index (χ4v) is 4.33. The topological polar surface area (TPSA) is 43.2 Å². The molecule has 2 aromatic carbocycles. The predicted molar refractivity (Wildman–Crippen MR) is 155 cm³/mol. The van der Waals surface area contributed by atoms with Gasteiger partial charge in [0, 0.05) is 33.9 Å². The highest BCUT2D eigenvalue weighted by atomic mass is 15.4. The molecular weight excluding hydrogens is 430 g/mol. The zero-order chi connectivity index (χ0) is 26.4. The van der Waals surface area contributed by atoms with Crippen LogP contribution in [0.5, 0.6) is 0 Å². The van der Waals surface area contributed by atoms with Gasteiger partial charge in [0.25, 0.3) is 0 Å². The van der Waals surface area contributed by atoms with E-state index in [0.29, 0.717) is 29.6 Å². The van der Waals surface area contributed by atoms with Gasteiger partial charge in [0.05, 0.1) is 5.69 Å². The van der Waals surface area contributed by atoms with Crippen molar-refractivity contribution in [2.75, 3.05) is 33.5 Å². The molecule has 0 aliphatic rings. The van der Waals surface area contributed by atoms with E-state index in [9.17, 15) is 0 Å². The minimum absolute atomic E-state index is 0.356. The van der Waals surface area contributed by atoms with Crippen LogP contribution in [0.2, 0.25) is 0 Å². The molecule has 0 saturated heterocycles. The molecular formula is C30H47N5. The maximum Gasteiger partial charge on any atom is 0.231 e. The van der Waals surface area contributed by atoms with Gasteiger partial charge in [-0.05, 0) is 45.9 Å². The minimum atomic E-state index is 0.356. The lowest BCUT2D eigenvalue weighted by Gasteiger charge is -2.25. The van der Waals surface area contributed by atoms with Crippen LogP contribution in [0.15, 0.2) is 46.4 Å². The van der Waals surface area contributed by atoms with Gasteiger partial charge in [0.2, 0.25) is 11.9 Å². The summed E-state index contributed by atoms with van der Waals surface area (Å²) in [6.45, 7) is 17.9. The third-order valence-electron chi connectivity index (χ3n) is 6.18. The van der Waals surface area contributed by atoms with Gasteiger partial charge in [0.1, 0.15) is 0 Å². The summed E-state index contributed by atoms with van der Waals surface area (Å²) in [7, 11) is 8.05. The number of benzene rings is 2. The second kappa shape index (κ2) is 12.2. The maximum atomic E-state index is 5.27. The van der Waals surface area contributed by atoms with Gasteiger partial charge in [-0.3, -0.25) is 0 Å². The van der Waals surface area contributed by atoms with Crippen molar-refractivity contribution in [3.05, 3.63) is 58.7 Å². The highest BCUT2D eigenvalue weighted by Gasteiger charge is 2.19. The Bertz CT molecular complexity index is 980. The number of aliphatic imine (C=N–C) groups is 2. The molecule has 2 aromatic rings. The van der Waals surface area contributed by atoms with Gasteiger partial charge in [-0.1, -0.05) is 91.8 Å². The van der Waals surface area contributed by atoms with Gasteiger partial charge in [0.15, 0.2) is 0 Å². The number of rotatable bonds is 6. The molecule has 0 atom stereocenters. The van der Waals surface area contributed by atoms with Crippen molar-refractivity contribution in [1.82, 2.24) is 9.80 Å². The van der Waals surface area contributed by atoms with Crippen molar-refractivity contribution in [3.63, 3.8) is 0 Å². The molecule has 0 bridgehead atoms. The normalized spacial score (nSPS) is 12.1. The van der Waals surface area contributed by atoms with E-state index >= 15 is 0 Å². The van der Waals surface area contributed by atoms with Crippen LogP contribution in [0.4, 0.5) is 11.4 Å². The zero-order valence-corrected chi connectivity index (χ0v) is 24.1. The molecule has 0 aliphatic carbocycles. The van der Waals surface area contributed by atoms with Crippen molar-refractivity contribution in [3.8, 4) is 0 Å². The van der Waals surface area contributed by atoms with E-state index in [1.165, 1.54) is 22.3 Å². The van der Waals surface area contributed by atoms with E-state index < -0.39 is 0 Å². The van der Waals surface area contributed by atoms with E-state index in [0.717, 1.165) is 17.3 Å². The van der Waals surface area contributed by atoms with Gasteiger partial charge < -0.3 is 15.1 Å². The van der Waals surface area contributed by atoms with Crippen LogP contribution >= 0.6 is 0 Å². The first-order valence-corrected chi connectivity index (χ1v) is 12.9. The molecule has 0 amide bonds. The molecule has 5 nitrogen and oxygen atoms in total. The van der Waals surface area contributed by atoms with E-state index in [-0.39, 0.29) is 0 Å². The van der Waals surface area contributed by atoms with Gasteiger partial charge >= 0.3 is 0 Å². The molecule has 0 saturated carbocycles. The molecule has 35 heavy (non-hydrogen) atoms.